The van der Waals surface area contributed by atoms with Gasteiger partial charge in [-0.2, -0.15) is 4.98 Å². The van der Waals surface area contributed by atoms with Gasteiger partial charge in [-0.3, -0.25) is 4.98 Å². The molecule has 2 N–H and O–H groups in total. The minimum atomic E-state index is -1.24. The quantitative estimate of drug-likeness (QED) is 0.498. The van der Waals surface area contributed by atoms with Gasteiger partial charge >= 0.3 is 0 Å². The summed E-state index contributed by atoms with van der Waals surface area (Å²) >= 11 is 0. The van der Waals surface area contributed by atoms with Crippen molar-refractivity contribution < 1.29 is 14.4 Å². The SMILES string of the molecule is CCOc1nc2c(C(O)(c3ccccn3)C3CC3)cc(-c3c(C)noc3C)cc2[nH]1. The summed E-state index contributed by atoms with van der Waals surface area (Å²) in [5.74, 6) is 0.818. The average Bonchev–Trinajstić information content (AvgIpc) is 3.45. The molecule has 154 valence electrons. The van der Waals surface area contributed by atoms with Crippen molar-refractivity contribution in [3.8, 4) is 17.1 Å². The van der Waals surface area contributed by atoms with Crippen LogP contribution in [0.15, 0.2) is 41.1 Å². The highest BCUT2D eigenvalue weighted by atomic mass is 16.5. The van der Waals surface area contributed by atoms with Crippen LogP contribution in [0.1, 0.15) is 42.5 Å². The second-order valence-electron chi connectivity index (χ2n) is 7.85. The molecule has 0 radical (unpaired) electrons. The van der Waals surface area contributed by atoms with E-state index in [0.29, 0.717) is 23.8 Å². The fourth-order valence-corrected chi connectivity index (χ4v) is 4.29. The molecular formula is C23H24N4O3. The van der Waals surface area contributed by atoms with E-state index in [1.807, 2.05) is 51.1 Å². The van der Waals surface area contributed by atoms with E-state index in [4.69, 9.17) is 9.26 Å². The molecular weight excluding hydrogens is 380 g/mol. The first-order valence-electron chi connectivity index (χ1n) is 10.3. The molecule has 0 amide bonds. The number of ether oxygens (including phenoxy) is 1. The van der Waals surface area contributed by atoms with Gasteiger partial charge in [-0.25, -0.2) is 0 Å². The Hall–Kier alpha value is -3.19. The summed E-state index contributed by atoms with van der Waals surface area (Å²) in [6.07, 6.45) is 3.59. The Morgan fingerprint density at radius 2 is 2.10 bits per heavy atom. The van der Waals surface area contributed by atoms with E-state index in [2.05, 4.69) is 20.1 Å². The fourth-order valence-electron chi connectivity index (χ4n) is 4.29. The Kier molecular flexibility index (Phi) is 4.36. The fraction of sp³-hybridized carbons (Fsp3) is 0.348. The lowest BCUT2D eigenvalue weighted by Gasteiger charge is -2.29. The number of fused-ring (bicyclic) bond motifs is 1. The molecule has 0 aliphatic heterocycles. The summed E-state index contributed by atoms with van der Waals surface area (Å²) in [7, 11) is 0. The maximum Gasteiger partial charge on any atom is 0.294 e. The van der Waals surface area contributed by atoms with Crippen molar-refractivity contribution in [1.82, 2.24) is 20.1 Å². The highest BCUT2D eigenvalue weighted by Gasteiger charge is 2.49. The van der Waals surface area contributed by atoms with Crippen LogP contribution in [0.3, 0.4) is 0 Å². The van der Waals surface area contributed by atoms with Gasteiger partial charge < -0.3 is 19.4 Å². The number of benzene rings is 1. The zero-order chi connectivity index (χ0) is 20.9. The van der Waals surface area contributed by atoms with Gasteiger partial charge in [0.25, 0.3) is 6.01 Å². The Balaban J connectivity index is 1.81. The number of imidazole rings is 1. The van der Waals surface area contributed by atoms with Crippen molar-refractivity contribution in [3.05, 3.63) is 59.2 Å². The average molecular weight is 404 g/mol. The number of aromatic nitrogens is 4. The number of nitrogens with zero attached hydrogens (tertiary/aromatic N) is 3. The molecule has 7 heteroatoms. The smallest absolute Gasteiger partial charge is 0.294 e. The van der Waals surface area contributed by atoms with Crippen molar-refractivity contribution in [2.75, 3.05) is 6.61 Å². The topological polar surface area (TPSA) is 97.1 Å². The number of aryl methyl sites for hydroxylation is 2. The van der Waals surface area contributed by atoms with Crippen LogP contribution < -0.4 is 4.74 Å². The van der Waals surface area contributed by atoms with Gasteiger partial charge in [0.1, 0.15) is 11.4 Å². The molecule has 1 aromatic carbocycles. The number of rotatable bonds is 6. The molecule has 4 aromatic rings. The van der Waals surface area contributed by atoms with E-state index >= 15 is 0 Å². The molecule has 5 rings (SSSR count). The Morgan fingerprint density at radius 1 is 1.27 bits per heavy atom. The first-order valence-corrected chi connectivity index (χ1v) is 10.3. The van der Waals surface area contributed by atoms with Crippen LogP contribution in [0.2, 0.25) is 0 Å². The summed E-state index contributed by atoms with van der Waals surface area (Å²) in [5, 5.41) is 16.2. The number of pyridine rings is 1. The normalized spacial score (nSPS) is 16.0. The number of nitrogens with one attached hydrogen (secondary N) is 1. The summed E-state index contributed by atoms with van der Waals surface area (Å²) in [5.41, 5.74) is 4.22. The maximum absolute atomic E-state index is 12.1. The molecule has 7 nitrogen and oxygen atoms in total. The third-order valence-corrected chi connectivity index (χ3v) is 5.80. The van der Waals surface area contributed by atoms with Crippen molar-refractivity contribution >= 4 is 11.0 Å². The highest BCUT2D eigenvalue weighted by Crippen LogP contribution is 2.51. The standard InChI is InChI=1S/C23H24N4O3/c1-4-29-22-25-18-12-15(20-13(2)27-30-14(20)3)11-17(21(18)26-22)23(28,16-8-9-16)19-7-5-6-10-24-19/h5-7,10-12,16,28H,4,8-9H2,1-3H3,(H,25,26). The van der Waals surface area contributed by atoms with E-state index in [9.17, 15) is 5.11 Å². The molecule has 0 saturated heterocycles. The monoisotopic (exact) mass is 404 g/mol. The van der Waals surface area contributed by atoms with Crippen molar-refractivity contribution in [2.24, 2.45) is 5.92 Å². The number of hydrogen-bond donors (Lipinski definition) is 2. The van der Waals surface area contributed by atoms with E-state index in [1.165, 1.54) is 0 Å². The minimum absolute atomic E-state index is 0.0859. The first kappa shape index (κ1) is 18.8. The lowest BCUT2D eigenvalue weighted by atomic mass is 9.82. The van der Waals surface area contributed by atoms with Crippen LogP contribution in [0.25, 0.3) is 22.2 Å². The molecule has 3 aromatic heterocycles. The summed E-state index contributed by atoms with van der Waals surface area (Å²) in [6, 6.07) is 10.1. The van der Waals surface area contributed by atoms with Crippen LogP contribution in [-0.2, 0) is 5.60 Å². The third kappa shape index (κ3) is 2.89. The summed E-state index contributed by atoms with van der Waals surface area (Å²) in [6.45, 7) is 6.22. The van der Waals surface area contributed by atoms with E-state index in [1.54, 1.807) is 6.20 Å². The number of aromatic amines is 1. The van der Waals surface area contributed by atoms with Crippen molar-refractivity contribution in [2.45, 2.75) is 39.2 Å². The minimum Gasteiger partial charge on any atom is -0.465 e. The molecule has 3 heterocycles. The van der Waals surface area contributed by atoms with E-state index in [-0.39, 0.29) is 5.92 Å². The van der Waals surface area contributed by atoms with Gasteiger partial charge in [0.05, 0.1) is 29.0 Å². The predicted octanol–water partition coefficient (Wildman–Crippen LogP) is 4.27. The Morgan fingerprint density at radius 3 is 2.73 bits per heavy atom. The second-order valence-corrected chi connectivity index (χ2v) is 7.85. The molecule has 0 bridgehead atoms. The Labute approximate surface area is 174 Å². The van der Waals surface area contributed by atoms with E-state index < -0.39 is 5.60 Å². The van der Waals surface area contributed by atoms with Crippen molar-refractivity contribution in [1.29, 1.82) is 0 Å². The first-order chi connectivity index (χ1) is 14.5. The zero-order valence-corrected chi connectivity index (χ0v) is 17.3. The number of H-pyrrole nitrogens is 1. The van der Waals surface area contributed by atoms with Crippen LogP contribution in [0, 0.1) is 19.8 Å². The number of hydrogen-bond acceptors (Lipinski definition) is 6. The lowest BCUT2D eigenvalue weighted by Crippen LogP contribution is -2.31. The van der Waals surface area contributed by atoms with Crippen molar-refractivity contribution in [3.63, 3.8) is 0 Å². The molecule has 1 fully saturated rings. The van der Waals surface area contributed by atoms with Crippen LogP contribution in [0.5, 0.6) is 6.01 Å². The van der Waals surface area contributed by atoms with Gasteiger partial charge in [-0.1, -0.05) is 11.2 Å². The zero-order valence-electron chi connectivity index (χ0n) is 17.3. The predicted molar refractivity (Wildman–Crippen MR) is 112 cm³/mol. The van der Waals surface area contributed by atoms with Gasteiger partial charge in [0.15, 0.2) is 0 Å². The summed E-state index contributed by atoms with van der Waals surface area (Å²) < 4.78 is 11.0. The largest absolute Gasteiger partial charge is 0.465 e. The number of aliphatic hydroxyl groups is 1. The molecule has 1 saturated carbocycles. The third-order valence-electron chi connectivity index (χ3n) is 5.80. The van der Waals surface area contributed by atoms with Crippen LogP contribution >= 0.6 is 0 Å². The Bertz CT molecular complexity index is 1190. The second kappa shape index (κ2) is 6.95. The van der Waals surface area contributed by atoms with Crippen LogP contribution in [-0.4, -0.2) is 31.8 Å². The highest BCUT2D eigenvalue weighted by molar-refractivity contribution is 5.87. The molecule has 1 atom stereocenters. The maximum atomic E-state index is 12.1. The van der Waals surface area contributed by atoms with E-state index in [0.717, 1.165) is 46.5 Å². The summed E-state index contributed by atoms with van der Waals surface area (Å²) in [4.78, 5) is 12.4. The van der Waals surface area contributed by atoms with Gasteiger partial charge in [-0.05, 0) is 69.4 Å². The van der Waals surface area contributed by atoms with Gasteiger partial charge in [-0.15, -0.1) is 0 Å². The lowest BCUT2D eigenvalue weighted by molar-refractivity contribution is 0.0533. The molecule has 0 spiro atoms. The van der Waals surface area contributed by atoms with Gasteiger partial charge in [0.2, 0.25) is 0 Å². The van der Waals surface area contributed by atoms with Gasteiger partial charge in [0, 0.05) is 17.3 Å². The van der Waals surface area contributed by atoms with Crippen LogP contribution in [0.4, 0.5) is 0 Å². The molecule has 1 aliphatic rings. The molecule has 30 heavy (non-hydrogen) atoms. The molecule has 1 unspecified atom stereocenters. The molecule has 1 aliphatic carbocycles.